The quantitative estimate of drug-likeness (QED) is 0.624. The fourth-order valence-electron chi connectivity index (χ4n) is 3.65. The predicted molar refractivity (Wildman–Crippen MR) is 118 cm³/mol. The van der Waals surface area contributed by atoms with Crippen molar-refractivity contribution in [2.24, 2.45) is 0 Å². The molecule has 1 fully saturated rings. The minimum Gasteiger partial charge on any atom is -0.456 e. The summed E-state index contributed by atoms with van der Waals surface area (Å²) in [5.74, 6) is 2.28. The molecule has 0 bridgehead atoms. The first-order valence-corrected chi connectivity index (χ1v) is 10.4. The zero-order chi connectivity index (χ0) is 21.8. The summed E-state index contributed by atoms with van der Waals surface area (Å²) in [6, 6.07) is 11.6. The second-order valence-corrected chi connectivity index (χ2v) is 7.55. The Labute approximate surface area is 181 Å². The normalized spacial score (nSPS) is 14.6. The molecule has 9 nitrogen and oxygen atoms in total. The van der Waals surface area contributed by atoms with Crippen molar-refractivity contribution in [1.82, 2.24) is 24.8 Å². The average molecular weight is 422 g/mol. The van der Waals surface area contributed by atoms with E-state index in [1.807, 2.05) is 30.0 Å². The maximum atomic E-state index is 12.5. The number of piperazine rings is 1. The molecular formula is C22H27N7O2. The van der Waals surface area contributed by atoms with Crippen molar-refractivity contribution in [2.45, 2.75) is 26.8 Å². The number of nitrogens with one attached hydrogen (secondary N) is 1. The molecule has 3 N–H and O–H groups in total. The number of furan rings is 1. The summed E-state index contributed by atoms with van der Waals surface area (Å²) >= 11 is 0. The van der Waals surface area contributed by atoms with Crippen molar-refractivity contribution in [3.05, 3.63) is 59.3 Å². The first-order valence-electron chi connectivity index (χ1n) is 10.4. The van der Waals surface area contributed by atoms with Crippen LogP contribution in [0.3, 0.4) is 0 Å². The SMILES string of the molecule is CCc1ccccc1Nc1nc(N)nc(CN2CCN(C(=O)c3ccc(C)o3)CC2)n1. The van der Waals surface area contributed by atoms with Gasteiger partial charge >= 0.3 is 0 Å². The van der Waals surface area contributed by atoms with Crippen LogP contribution in [0.2, 0.25) is 0 Å². The van der Waals surface area contributed by atoms with Gasteiger partial charge in [-0.1, -0.05) is 25.1 Å². The number of carbonyl (C=O) groups excluding carboxylic acids is 1. The highest BCUT2D eigenvalue weighted by molar-refractivity contribution is 5.91. The number of hydrogen-bond acceptors (Lipinski definition) is 8. The minimum absolute atomic E-state index is 0.0711. The van der Waals surface area contributed by atoms with Crippen LogP contribution in [0.5, 0.6) is 0 Å². The molecule has 0 atom stereocenters. The Hall–Kier alpha value is -3.46. The Balaban J connectivity index is 1.38. The maximum absolute atomic E-state index is 12.5. The largest absolute Gasteiger partial charge is 0.456 e. The smallest absolute Gasteiger partial charge is 0.289 e. The Morgan fingerprint density at radius 1 is 1.10 bits per heavy atom. The van der Waals surface area contributed by atoms with Gasteiger partial charge in [-0.2, -0.15) is 15.0 Å². The predicted octanol–water partition coefficient (Wildman–Crippen LogP) is 2.62. The molecule has 0 spiro atoms. The summed E-state index contributed by atoms with van der Waals surface area (Å²) in [6.45, 7) is 7.15. The zero-order valence-corrected chi connectivity index (χ0v) is 17.8. The molecule has 1 aromatic carbocycles. The zero-order valence-electron chi connectivity index (χ0n) is 17.8. The second-order valence-electron chi connectivity index (χ2n) is 7.55. The maximum Gasteiger partial charge on any atom is 0.289 e. The van der Waals surface area contributed by atoms with Crippen molar-refractivity contribution in [3.8, 4) is 0 Å². The van der Waals surface area contributed by atoms with Crippen LogP contribution >= 0.6 is 0 Å². The lowest BCUT2D eigenvalue weighted by atomic mass is 10.1. The van der Waals surface area contributed by atoms with Crippen molar-refractivity contribution < 1.29 is 9.21 Å². The molecule has 162 valence electrons. The number of aromatic nitrogens is 3. The van der Waals surface area contributed by atoms with E-state index in [9.17, 15) is 4.79 Å². The lowest BCUT2D eigenvalue weighted by molar-refractivity contribution is 0.0593. The Morgan fingerprint density at radius 3 is 2.58 bits per heavy atom. The summed E-state index contributed by atoms with van der Waals surface area (Å²) in [4.78, 5) is 29.6. The third-order valence-corrected chi connectivity index (χ3v) is 5.32. The summed E-state index contributed by atoms with van der Waals surface area (Å²) in [7, 11) is 0. The van der Waals surface area contributed by atoms with E-state index in [2.05, 4.69) is 38.2 Å². The highest BCUT2D eigenvalue weighted by Crippen LogP contribution is 2.20. The standard InChI is InChI=1S/C22H27N7O2/c1-3-16-6-4-5-7-17(16)24-22-26-19(25-21(23)27-22)14-28-10-12-29(13-11-28)20(30)18-9-8-15(2)31-18/h4-9H,3,10-14H2,1-2H3,(H3,23,24,25,26,27). The molecule has 1 amide bonds. The number of aryl methyl sites for hydroxylation is 2. The van der Waals surface area contributed by atoms with Gasteiger partial charge in [0, 0.05) is 31.9 Å². The molecule has 3 heterocycles. The van der Waals surface area contributed by atoms with E-state index in [0.29, 0.717) is 37.2 Å². The lowest BCUT2D eigenvalue weighted by Gasteiger charge is -2.33. The molecule has 1 aliphatic heterocycles. The molecule has 0 radical (unpaired) electrons. The second kappa shape index (κ2) is 9.13. The molecule has 31 heavy (non-hydrogen) atoms. The third kappa shape index (κ3) is 5.00. The number of benzene rings is 1. The first kappa shape index (κ1) is 20.8. The summed E-state index contributed by atoms with van der Waals surface area (Å²) in [5.41, 5.74) is 8.07. The van der Waals surface area contributed by atoms with Gasteiger partial charge in [0.2, 0.25) is 11.9 Å². The van der Waals surface area contributed by atoms with Gasteiger partial charge in [-0.15, -0.1) is 0 Å². The third-order valence-electron chi connectivity index (χ3n) is 5.32. The van der Waals surface area contributed by atoms with Crippen LogP contribution in [0.15, 0.2) is 40.8 Å². The molecule has 9 heteroatoms. The number of nitrogens with two attached hydrogens (primary N) is 1. The van der Waals surface area contributed by atoms with Crippen molar-refractivity contribution in [2.75, 3.05) is 37.2 Å². The average Bonchev–Trinajstić information content (AvgIpc) is 3.20. The van der Waals surface area contributed by atoms with Gasteiger partial charge in [-0.3, -0.25) is 9.69 Å². The van der Waals surface area contributed by atoms with Crippen LogP contribution < -0.4 is 11.1 Å². The molecule has 0 unspecified atom stereocenters. The lowest BCUT2D eigenvalue weighted by Crippen LogP contribution is -2.48. The molecular weight excluding hydrogens is 394 g/mol. The van der Waals surface area contributed by atoms with Crippen LogP contribution in [-0.4, -0.2) is 56.8 Å². The fourth-order valence-corrected chi connectivity index (χ4v) is 3.65. The Kier molecular flexibility index (Phi) is 6.13. The van der Waals surface area contributed by atoms with Gasteiger partial charge < -0.3 is 20.4 Å². The first-order chi connectivity index (χ1) is 15.0. The van der Waals surface area contributed by atoms with Gasteiger partial charge in [0.05, 0.1) is 6.54 Å². The van der Waals surface area contributed by atoms with Gasteiger partial charge in [-0.25, -0.2) is 0 Å². The Bertz CT molecular complexity index is 1060. The molecule has 3 aromatic rings. The van der Waals surface area contributed by atoms with E-state index >= 15 is 0 Å². The highest BCUT2D eigenvalue weighted by atomic mass is 16.3. The van der Waals surface area contributed by atoms with E-state index in [1.165, 1.54) is 5.56 Å². The molecule has 0 aliphatic carbocycles. The molecule has 1 aliphatic rings. The van der Waals surface area contributed by atoms with E-state index in [4.69, 9.17) is 10.2 Å². The number of amides is 1. The van der Waals surface area contributed by atoms with Crippen LogP contribution in [0.4, 0.5) is 17.6 Å². The van der Waals surface area contributed by atoms with E-state index in [1.54, 1.807) is 12.1 Å². The molecule has 2 aromatic heterocycles. The van der Waals surface area contributed by atoms with Crippen LogP contribution in [0.1, 0.15) is 34.6 Å². The summed E-state index contributed by atoms with van der Waals surface area (Å²) in [5, 5.41) is 3.26. The number of anilines is 3. The van der Waals surface area contributed by atoms with Gasteiger partial charge in [0.15, 0.2) is 5.76 Å². The fraction of sp³-hybridized carbons (Fsp3) is 0.364. The van der Waals surface area contributed by atoms with E-state index < -0.39 is 0 Å². The van der Waals surface area contributed by atoms with Crippen molar-refractivity contribution in [1.29, 1.82) is 0 Å². The monoisotopic (exact) mass is 421 g/mol. The molecule has 4 rings (SSSR count). The number of nitrogen functional groups attached to an aromatic ring is 1. The summed E-state index contributed by atoms with van der Waals surface area (Å²) < 4.78 is 5.46. The molecule has 0 saturated carbocycles. The van der Waals surface area contributed by atoms with Crippen LogP contribution in [-0.2, 0) is 13.0 Å². The number of nitrogens with zero attached hydrogens (tertiary/aromatic N) is 5. The summed E-state index contributed by atoms with van der Waals surface area (Å²) in [6.07, 6.45) is 0.900. The number of rotatable bonds is 6. The number of hydrogen-bond donors (Lipinski definition) is 2. The number of carbonyl (C=O) groups is 1. The minimum atomic E-state index is -0.0711. The highest BCUT2D eigenvalue weighted by Gasteiger charge is 2.24. The van der Waals surface area contributed by atoms with E-state index in [-0.39, 0.29) is 11.9 Å². The van der Waals surface area contributed by atoms with Gasteiger partial charge in [0.1, 0.15) is 11.6 Å². The van der Waals surface area contributed by atoms with Crippen LogP contribution in [0, 0.1) is 6.92 Å². The van der Waals surface area contributed by atoms with Gasteiger partial charge in [-0.05, 0) is 37.1 Å². The van der Waals surface area contributed by atoms with Crippen LogP contribution in [0.25, 0.3) is 0 Å². The van der Waals surface area contributed by atoms with E-state index in [0.717, 1.165) is 31.0 Å². The van der Waals surface area contributed by atoms with Gasteiger partial charge in [0.25, 0.3) is 5.91 Å². The molecule has 1 saturated heterocycles. The topological polar surface area (TPSA) is 113 Å². The number of para-hydroxylation sites is 1. The Morgan fingerprint density at radius 2 is 1.87 bits per heavy atom. The van der Waals surface area contributed by atoms with Crippen molar-refractivity contribution in [3.63, 3.8) is 0 Å². The van der Waals surface area contributed by atoms with Crippen molar-refractivity contribution >= 4 is 23.5 Å².